The highest BCUT2D eigenvalue weighted by atomic mass is 16.2. The van der Waals surface area contributed by atoms with Gasteiger partial charge in [-0.05, 0) is 12.1 Å². The maximum Gasteiger partial charge on any atom is 0.272 e. The molecule has 7 nitrogen and oxygen atoms in total. The van der Waals surface area contributed by atoms with Crippen LogP contribution >= 0.6 is 0 Å². The van der Waals surface area contributed by atoms with Gasteiger partial charge in [0.1, 0.15) is 5.69 Å². The monoisotopic (exact) mass is 288 g/mol. The fourth-order valence-corrected chi connectivity index (χ4v) is 2.02. The van der Waals surface area contributed by atoms with Crippen molar-refractivity contribution < 1.29 is 14.4 Å². The molecule has 21 heavy (non-hydrogen) atoms. The van der Waals surface area contributed by atoms with E-state index in [-0.39, 0.29) is 11.8 Å². The fraction of sp³-hybridized carbons (Fsp3) is 0.214. The van der Waals surface area contributed by atoms with Gasteiger partial charge in [-0.3, -0.25) is 14.4 Å². The number of hydrogen-bond acceptors (Lipinski definition) is 3. The van der Waals surface area contributed by atoms with Crippen LogP contribution < -0.4 is 10.6 Å². The summed E-state index contributed by atoms with van der Waals surface area (Å²) in [6.45, 7) is 1.40. The Kier molecular flexibility index (Phi) is 3.93. The number of nitrogens with zero attached hydrogens (tertiary/aromatic N) is 2. The minimum Gasteiger partial charge on any atom is -0.346 e. The fourth-order valence-electron chi connectivity index (χ4n) is 2.02. The van der Waals surface area contributed by atoms with Crippen molar-refractivity contribution in [1.29, 1.82) is 0 Å². The van der Waals surface area contributed by atoms with Crippen LogP contribution in [0.3, 0.4) is 0 Å². The summed E-state index contributed by atoms with van der Waals surface area (Å²) in [5.74, 6) is -0.525. The summed E-state index contributed by atoms with van der Waals surface area (Å²) >= 11 is 0. The quantitative estimate of drug-likeness (QED) is 0.834. The van der Waals surface area contributed by atoms with Gasteiger partial charge in [0.15, 0.2) is 6.29 Å². The van der Waals surface area contributed by atoms with Gasteiger partial charge < -0.3 is 19.8 Å². The van der Waals surface area contributed by atoms with Gasteiger partial charge in [-0.25, -0.2) is 0 Å². The summed E-state index contributed by atoms with van der Waals surface area (Å²) in [6, 6.07) is 3.17. The van der Waals surface area contributed by atoms with E-state index >= 15 is 0 Å². The van der Waals surface area contributed by atoms with Crippen molar-refractivity contribution in [3.8, 4) is 0 Å². The number of nitrogens with one attached hydrogen (secondary N) is 2. The molecule has 2 aromatic rings. The zero-order valence-electron chi connectivity index (χ0n) is 12.0. The molecule has 2 amide bonds. The molecular weight excluding hydrogens is 272 g/mol. The van der Waals surface area contributed by atoms with E-state index in [1.807, 2.05) is 0 Å². The molecule has 2 N–H and O–H groups in total. The minimum atomic E-state index is -0.322. The molecule has 2 aromatic heterocycles. The van der Waals surface area contributed by atoms with Gasteiger partial charge in [0.05, 0.1) is 17.1 Å². The SMILES string of the molecule is CC(=O)Nc1cc(C(=O)Nc2cc(C=O)n(C)c2)n(C)c1. The Bertz CT molecular complexity index is 712. The molecule has 0 spiro atoms. The standard InChI is InChI=1S/C14H16N4O3/c1-9(20)15-11-5-13(18(3)7-11)14(21)16-10-4-12(8-19)17(2)6-10/h4-8H,1-3H3,(H,15,20)(H,16,21). The lowest BCUT2D eigenvalue weighted by atomic mass is 10.3. The van der Waals surface area contributed by atoms with E-state index in [4.69, 9.17) is 0 Å². The summed E-state index contributed by atoms with van der Waals surface area (Å²) in [5.41, 5.74) is 1.95. The zero-order chi connectivity index (χ0) is 15.6. The number of amides is 2. The summed E-state index contributed by atoms with van der Waals surface area (Å²) in [4.78, 5) is 34.0. The Labute approximate surface area is 121 Å². The molecule has 0 bridgehead atoms. The number of hydrogen-bond donors (Lipinski definition) is 2. The Morgan fingerprint density at radius 3 is 2.24 bits per heavy atom. The van der Waals surface area contributed by atoms with Crippen LogP contribution in [0.2, 0.25) is 0 Å². The zero-order valence-corrected chi connectivity index (χ0v) is 12.0. The number of aldehydes is 1. The first-order valence-electron chi connectivity index (χ1n) is 6.27. The topological polar surface area (TPSA) is 85.1 Å². The van der Waals surface area contributed by atoms with Crippen LogP contribution in [0.4, 0.5) is 11.4 Å². The second-order valence-electron chi connectivity index (χ2n) is 4.74. The van der Waals surface area contributed by atoms with E-state index < -0.39 is 0 Å². The Hall–Kier alpha value is -2.83. The highest BCUT2D eigenvalue weighted by Crippen LogP contribution is 2.16. The molecule has 2 rings (SSSR count). The highest BCUT2D eigenvalue weighted by molar-refractivity contribution is 6.04. The molecule has 0 unspecified atom stereocenters. The number of carbonyl (C=O) groups is 3. The third-order valence-electron chi connectivity index (χ3n) is 2.98. The van der Waals surface area contributed by atoms with Crippen molar-refractivity contribution in [3.05, 3.63) is 35.9 Å². The van der Waals surface area contributed by atoms with Crippen LogP contribution in [0, 0.1) is 0 Å². The smallest absolute Gasteiger partial charge is 0.272 e. The van der Waals surface area contributed by atoms with E-state index in [9.17, 15) is 14.4 Å². The largest absolute Gasteiger partial charge is 0.346 e. The van der Waals surface area contributed by atoms with Crippen LogP contribution in [0.25, 0.3) is 0 Å². The number of carbonyl (C=O) groups excluding carboxylic acids is 3. The second-order valence-corrected chi connectivity index (χ2v) is 4.74. The van der Waals surface area contributed by atoms with Crippen LogP contribution in [0.15, 0.2) is 24.5 Å². The Morgan fingerprint density at radius 1 is 1.05 bits per heavy atom. The van der Waals surface area contributed by atoms with Gasteiger partial charge in [-0.15, -0.1) is 0 Å². The van der Waals surface area contributed by atoms with E-state index in [1.54, 1.807) is 47.8 Å². The van der Waals surface area contributed by atoms with Crippen LogP contribution in [-0.4, -0.2) is 27.2 Å². The van der Waals surface area contributed by atoms with Crippen molar-refractivity contribution in [2.75, 3.05) is 10.6 Å². The maximum absolute atomic E-state index is 12.2. The number of aromatic nitrogens is 2. The van der Waals surface area contributed by atoms with Crippen LogP contribution in [0.1, 0.15) is 27.9 Å². The van der Waals surface area contributed by atoms with Crippen LogP contribution in [-0.2, 0) is 18.9 Å². The Balaban J connectivity index is 2.17. The van der Waals surface area contributed by atoms with E-state index in [1.165, 1.54) is 6.92 Å². The lowest BCUT2D eigenvalue weighted by molar-refractivity contribution is -0.114. The molecule has 0 aliphatic rings. The van der Waals surface area contributed by atoms with Gasteiger partial charge in [0.25, 0.3) is 5.91 Å². The molecule has 0 atom stereocenters. The van der Waals surface area contributed by atoms with E-state index in [0.29, 0.717) is 29.0 Å². The molecule has 110 valence electrons. The maximum atomic E-state index is 12.2. The molecule has 0 saturated carbocycles. The lowest BCUT2D eigenvalue weighted by Crippen LogP contribution is -2.14. The molecular formula is C14H16N4O3. The van der Waals surface area contributed by atoms with Gasteiger partial charge >= 0.3 is 0 Å². The van der Waals surface area contributed by atoms with Gasteiger partial charge in [0, 0.05) is 33.4 Å². The first kappa shape index (κ1) is 14.6. The first-order chi connectivity index (χ1) is 9.90. The normalized spacial score (nSPS) is 10.2. The van der Waals surface area contributed by atoms with E-state index in [0.717, 1.165) is 0 Å². The van der Waals surface area contributed by atoms with Gasteiger partial charge in [0.2, 0.25) is 5.91 Å². The number of rotatable bonds is 4. The molecule has 0 aromatic carbocycles. The van der Waals surface area contributed by atoms with Crippen molar-refractivity contribution in [1.82, 2.24) is 9.13 Å². The number of anilines is 2. The van der Waals surface area contributed by atoms with Gasteiger partial charge in [-0.1, -0.05) is 0 Å². The molecule has 0 aliphatic carbocycles. The summed E-state index contributed by atoms with van der Waals surface area (Å²) < 4.78 is 3.24. The summed E-state index contributed by atoms with van der Waals surface area (Å²) in [7, 11) is 3.43. The van der Waals surface area contributed by atoms with Crippen LogP contribution in [0.5, 0.6) is 0 Å². The first-order valence-corrected chi connectivity index (χ1v) is 6.27. The predicted octanol–water partition coefficient (Wildman–Crippen LogP) is 1.39. The third kappa shape index (κ3) is 3.19. The summed E-state index contributed by atoms with van der Waals surface area (Å²) in [6.07, 6.45) is 4.02. The van der Waals surface area contributed by atoms with Gasteiger partial charge in [-0.2, -0.15) is 0 Å². The lowest BCUT2D eigenvalue weighted by Gasteiger charge is -2.03. The molecule has 0 saturated heterocycles. The molecule has 7 heteroatoms. The third-order valence-corrected chi connectivity index (χ3v) is 2.98. The number of aryl methyl sites for hydroxylation is 2. The Morgan fingerprint density at radius 2 is 1.67 bits per heavy atom. The average Bonchev–Trinajstić information content (AvgIpc) is 2.91. The van der Waals surface area contributed by atoms with Crippen molar-refractivity contribution in [2.24, 2.45) is 14.1 Å². The molecule has 0 radical (unpaired) electrons. The summed E-state index contributed by atoms with van der Waals surface area (Å²) in [5, 5.41) is 5.33. The molecule has 2 heterocycles. The van der Waals surface area contributed by atoms with E-state index in [2.05, 4.69) is 10.6 Å². The minimum absolute atomic E-state index is 0.203. The van der Waals surface area contributed by atoms with Crippen molar-refractivity contribution >= 4 is 29.5 Å². The molecule has 0 fully saturated rings. The molecule has 0 aliphatic heterocycles. The average molecular weight is 288 g/mol. The highest BCUT2D eigenvalue weighted by Gasteiger charge is 2.14. The predicted molar refractivity (Wildman–Crippen MR) is 78.5 cm³/mol. The van der Waals surface area contributed by atoms with Crippen molar-refractivity contribution in [3.63, 3.8) is 0 Å². The van der Waals surface area contributed by atoms with Crippen molar-refractivity contribution in [2.45, 2.75) is 6.92 Å². The second kappa shape index (κ2) is 5.66.